The lowest BCUT2D eigenvalue weighted by molar-refractivity contribution is -0.385. The summed E-state index contributed by atoms with van der Waals surface area (Å²) in [7, 11) is -3.76. The molecule has 0 aliphatic heterocycles. The van der Waals surface area contributed by atoms with E-state index in [0.717, 1.165) is 6.07 Å². The smallest absolute Gasteiger partial charge is 0.269 e. The van der Waals surface area contributed by atoms with E-state index in [4.69, 9.17) is 5.73 Å². The Bertz CT molecular complexity index is 596. The van der Waals surface area contributed by atoms with Crippen LogP contribution < -0.4 is 10.5 Å². The predicted molar refractivity (Wildman–Crippen MR) is 71.3 cm³/mol. The van der Waals surface area contributed by atoms with Crippen molar-refractivity contribution in [2.75, 3.05) is 6.54 Å². The molecule has 0 atom stereocenters. The Balaban J connectivity index is 3.20. The highest BCUT2D eigenvalue weighted by atomic mass is 32.2. The van der Waals surface area contributed by atoms with Gasteiger partial charge in [-0.05, 0) is 32.4 Å². The number of non-ortho nitro benzene ring substituents is 1. The number of hydrogen-bond donors (Lipinski definition) is 2. The fraction of sp³-hybridized carbons (Fsp3) is 0.455. The zero-order valence-electron chi connectivity index (χ0n) is 11.0. The van der Waals surface area contributed by atoms with E-state index in [1.807, 2.05) is 0 Å². The van der Waals surface area contributed by atoms with Crippen LogP contribution in [0, 0.1) is 17.0 Å². The molecule has 19 heavy (non-hydrogen) atoms. The second-order valence-electron chi connectivity index (χ2n) is 4.90. The second kappa shape index (κ2) is 5.24. The number of hydrogen-bond acceptors (Lipinski definition) is 5. The molecule has 0 fully saturated rings. The number of nitrogens with two attached hydrogens (primary N) is 1. The van der Waals surface area contributed by atoms with Crippen molar-refractivity contribution < 1.29 is 13.3 Å². The fourth-order valence-electron chi connectivity index (χ4n) is 1.51. The van der Waals surface area contributed by atoms with Crippen molar-refractivity contribution >= 4 is 15.7 Å². The third-order valence-electron chi connectivity index (χ3n) is 2.58. The Labute approximate surface area is 112 Å². The van der Waals surface area contributed by atoms with E-state index in [-0.39, 0.29) is 17.1 Å². The average molecular weight is 287 g/mol. The molecule has 0 saturated heterocycles. The average Bonchev–Trinajstić information content (AvgIpc) is 2.27. The van der Waals surface area contributed by atoms with Gasteiger partial charge in [-0.15, -0.1) is 0 Å². The standard InChI is InChI=1S/C11H17N3O4S/c1-8-6-9(14(15)16)4-5-10(8)19(17,18)13-11(2,3)7-12/h4-6,13H,7,12H2,1-3H3. The summed E-state index contributed by atoms with van der Waals surface area (Å²) in [5, 5.41) is 10.6. The van der Waals surface area contributed by atoms with Gasteiger partial charge in [-0.3, -0.25) is 10.1 Å². The first-order chi connectivity index (χ1) is 8.59. The molecule has 0 aliphatic carbocycles. The molecule has 1 aromatic rings. The highest BCUT2D eigenvalue weighted by molar-refractivity contribution is 7.89. The molecule has 0 heterocycles. The Hall–Kier alpha value is -1.51. The molecular formula is C11H17N3O4S. The molecule has 0 aliphatic rings. The van der Waals surface area contributed by atoms with Crippen LogP contribution in [0.5, 0.6) is 0 Å². The first kappa shape index (κ1) is 15.5. The first-order valence-electron chi connectivity index (χ1n) is 5.58. The zero-order chi connectivity index (χ0) is 14.8. The largest absolute Gasteiger partial charge is 0.329 e. The minimum Gasteiger partial charge on any atom is -0.329 e. The second-order valence-corrected chi connectivity index (χ2v) is 6.55. The van der Waals surface area contributed by atoms with Gasteiger partial charge in [-0.25, -0.2) is 13.1 Å². The molecule has 0 aromatic heterocycles. The van der Waals surface area contributed by atoms with Crippen LogP contribution in [0.3, 0.4) is 0 Å². The van der Waals surface area contributed by atoms with Gasteiger partial charge in [0, 0.05) is 24.2 Å². The Morgan fingerprint density at radius 1 is 1.42 bits per heavy atom. The molecule has 0 radical (unpaired) electrons. The third kappa shape index (κ3) is 3.72. The first-order valence-corrected chi connectivity index (χ1v) is 7.06. The van der Waals surface area contributed by atoms with Crippen LogP contribution >= 0.6 is 0 Å². The Morgan fingerprint density at radius 3 is 2.42 bits per heavy atom. The topological polar surface area (TPSA) is 115 Å². The molecule has 0 spiro atoms. The van der Waals surface area contributed by atoms with Crippen molar-refractivity contribution in [3.8, 4) is 0 Å². The summed E-state index contributed by atoms with van der Waals surface area (Å²) in [4.78, 5) is 10.1. The number of benzene rings is 1. The van der Waals surface area contributed by atoms with Crippen LogP contribution in [0.2, 0.25) is 0 Å². The molecule has 7 nitrogen and oxygen atoms in total. The van der Waals surface area contributed by atoms with E-state index < -0.39 is 20.5 Å². The summed E-state index contributed by atoms with van der Waals surface area (Å²) >= 11 is 0. The molecule has 106 valence electrons. The van der Waals surface area contributed by atoms with Crippen molar-refractivity contribution in [1.82, 2.24) is 4.72 Å². The zero-order valence-corrected chi connectivity index (χ0v) is 11.8. The van der Waals surface area contributed by atoms with Gasteiger partial charge in [0.25, 0.3) is 5.69 Å². The third-order valence-corrected chi connectivity index (χ3v) is 4.44. The van der Waals surface area contributed by atoms with Crippen molar-refractivity contribution in [2.24, 2.45) is 5.73 Å². The highest BCUT2D eigenvalue weighted by Crippen LogP contribution is 2.22. The van der Waals surface area contributed by atoms with Gasteiger partial charge in [0.05, 0.1) is 9.82 Å². The van der Waals surface area contributed by atoms with E-state index in [2.05, 4.69) is 4.72 Å². The van der Waals surface area contributed by atoms with Crippen LogP contribution in [-0.4, -0.2) is 25.4 Å². The summed E-state index contributed by atoms with van der Waals surface area (Å²) in [5.41, 5.74) is 4.86. The van der Waals surface area contributed by atoms with Crippen LogP contribution in [0.1, 0.15) is 19.4 Å². The van der Waals surface area contributed by atoms with Gasteiger partial charge < -0.3 is 5.73 Å². The highest BCUT2D eigenvalue weighted by Gasteiger charge is 2.26. The maximum atomic E-state index is 12.2. The lowest BCUT2D eigenvalue weighted by atomic mass is 10.1. The van der Waals surface area contributed by atoms with Gasteiger partial charge in [0.1, 0.15) is 0 Å². The number of aryl methyl sites for hydroxylation is 1. The number of nitro benzene ring substituents is 1. The van der Waals surface area contributed by atoms with Gasteiger partial charge in [-0.2, -0.15) is 0 Å². The number of nitro groups is 1. The summed E-state index contributed by atoms with van der Waals surface area (Å²) in [6.45, 7) is 4.96. The van der Waals surface area contributed by atoms with E-state index in [1.54, 1.807) is 13.8 Å². The molecule has 8 heteroatoms. The van der Waals surface area contributed by atoms with Crippen LogP contribution in [0.25, 0.3) is 0 Å². The number of nitrogens with one attached hydrogen (secondary N) is 1. The molecule has 0 amide bonds. The maximum absolute atomic E-state index is 12.2. The van der Waals surface area contributed by atoms with Crippen molar-refractivity contribution in [3.05, 3.63) is 33.9 Å². The summed E-state index contributed by atoms with van der Waals surface area (Å²) in [6.07, 6.45) is 0. The fourth-order valence-corrected chi connectivity index (χ4v) is 3.16. The normalized spacial score (nSPS) is 12.4. The SMILES string of the molecule is Cc1cc([N+](=O)[O-])ccc1S(=O)(=O)NC(C)(C)CN. The van der Waals surface area contributed by atoms with Gasteiger partial charge in [0.2, 0.25) is 10.0 Å². The van der Waals surface area contributed by atoms with Gasteiger partial charge >= 0.3 is 0 Å². The van der Waals surface area contributed by atoms with E-state index in [9.17, 15) is 18.5 Å². The molecular weight excluding hydrogens is 270 g/mol. The molecule has 0 saturated carbocycles. The Kier molecular flexibility index (Phi) is 4.28. The summed E-state index contributed by atoms with van der Waals surface area (Å²) in [6, 6.07) is 3.61. The van der Waals surface area contributed by atoms with Gasteiger partial charge in [0.15, 0.2) is 0 Å². The van der Waals surface area contributed by atoms with E-state index in [0.29, 0.717) is 5.56 Å². The minimum atomic E-state index is -3.76. The number of sulfonamides is 1. The lowest BCUT2D eigenvalue weighted by Crippen LogP contribution is -2.48. The molecule has 0 unspecified atom stereocenters. The van der Waals surface area contributed by atoms with Crippen LogP contribution in [0.15, 0.2) is 23.1 Å². The Morgan fingerprint density at radius 2 is 2.00 bits per heavy atom. The van der Waals surface area contributed by atoms with Crippen molar-refractivity contribution in [3.63, 3.8) is 0 Å². The summed E-state index contributed by atoms with van der Waals surface area (Å²) < 4.78 is 26.8. The summed E-state index contributed by atoms with van der Waals surface area (Å²) in [5.74, 6) is 0. The molecule has 1 rings (SSSR count). The van der Waals surface area contributed by atoms with Crippen LogP contribution in [0.4, 0.5) is 5.69 Å². The quantitative estimate of drug-likeness (QED) is 0.617. The molecule has 1 aromatic carbocycles. The molecule has 3 N–H and O–H groups in total. The lowest BCUT2D eigenvalue weighted by Gasteiger charge is -2.24. The minimum absolute atomic E-state index is 0.0135. The van der Waals surface area contributed by atoms with E-state index >= 15 is 0 Å². The maximum Gasteiger partial charge on any atom is 0.269 e. The predicted octanol–water partition coefficient (Wildman–Crippen LogP) is 0.919. The van der Waals surface area contributed by atoms with Crippen molar-refractivity contribution in [2.45, 2.75) is 31.2 Å². The monoisotopic (exact) mass is 287 g/mol. The number of rotatable bonds is 5. The molecule has 0 bridgehead atoms. The van der Waals surface area contributed by atoms with E-state index in [1.165, 1.54) is 19.1 Å². The van der Waals surface area contributed by atoms with Crippen LogP contribution in [-0.2, 0) is 10.0 Å². The van der Waals surface area contributed by atoms with Crippen molar-refractivity contribution in [1.29, 1.82) is 0 Å². The number of nitrogens with zero attached hydrogens (tertiary/aromatic N) is 1. The van der Waals surface area contributed by atoms with Gasteiger partial charge in [-0.1, -0.05) is 0 Å².